The van der Waals surface area contributed by atoms with Crippen molar-refractivity contribution in [2.45, 2.75) is 18.6 Å². The molecule has 0 aliphatic carbocycles. The molecule has 172 valence electrons. The summed E-state index contributed by atoms with van der Waals surface area (Å²) in [7, 11) is 0. The van der Waals surface area contributed by atoms with Gasteiger partial charge in [0.1, 0.15) is 5.65 Å². The molecule has 34 heavy (non-hydrogen) atoms. The van der Waals surface area contributed by atoms with E-state index in [1.54, 1.807) is 6.20 Å². The predicted octanol–water partition coefficient (Wildman–Crippen LogP) is 5.60. The van der Waals surface area contributed by atoms with Crippen molar-refractivity contribution >= 4 is 17.0 Å². The topological polar surface area (TPSA) is 65.1 Å². The average molecular weight is 461 g/mol. The normalized spacial score (nSPS) is 17.0. The molecular formula is C26H22F3N5. The number of halogens is 3. The van der Waals surface area contributed by atoms with E-state index in [0.717, 1.165) is 35.1 Å². The first-order chi connectivity index (χ1) is 16.5. The highest BCUT2D eigenvalue weighted by atomic mass is 19.4. The zero-order valence-corrected chi connectivity index (χ0v) is 18.1. The highest BCUT2D eigenvalue weighted by Gasteiger charge is 2.30. The van der Waals surface area contributed by atoms with Gasteiger partial charge in [-0.1, -0.05) is 42.5 Å². The van der Waals surface area contributed by atoms with E-state index in [9.17, 15) is 13.2 Å². The summed E-state index contributed by atoms with van der Waals surface area (Å²) >= 11 is 0. The van der Waals surface area contributed by atoms with Crippen LogP contribution in [-0.2, 0) is 12.6 Å². The lowest BCUT2D eigenvalue weighted by Gasteiger charge is -2.22. The van der Waals surface area contributed by atoms with Gasteiger partial charge in [-0.3, -0.25) is 4.99 Å². The van der Waals surface area contributed by atoms with Crippen molar-refractivity contribution in [3.8, 4) is 11.1 Å². The molecule has 5 nitrogen and oxygen atoms in total. The number of aromatic nitrogens is 2. The Morgan fingerprint density at radius 2 is 1.76 bits per heavy atom. The Morgan fingerprint density at radius 3 is 2.53 bits per heavy atom. The summed E-state index contributed by atoms with van der Waals surface area (Å²) in [5, 5.41) is 7.43. The second kappa shape index (κ2) is 9.05. The third-order valence-electron chi connectivity index (χ3n) is 5.76. The van der Waals surface area contributed by atoms with E-state index in [-0.39, 0.29) is 6.04 Å². The van der Waals surface area contributed by atoms with Crippen LogP contribution in [0.15, 0.2) is 90.3 Å². The van der Waals surface area contributed by atoms with Crippen LogP contribution in [0.25, 0.3) is 22.2 Å². The van der Waals surface area contributed by atoms with Gasteiger partial charge in [-0.25, -0.2) is 4.98 Å². The van der Waals surface area contributed by atoms with E-state index in [0.29, 0.717) is 23.7 Å². The van der Waals surface area contributed by atoms with Crippen LogP contribution in [0.5, 0.6) is 0 Å². The molecule has 4 aromatic rings. The van der Waals surface area contributed by atoms with Crippen molar-refractivity contribution in [3.63, 3.8) is 0 Å². The third kappa shape index (κ3) is 4.66. The van der Waals surface area contributed by atoms with Crippen molar-refractivity contribution in [1.82, 2.24) is 20.6 Å². The summed E-state index contributed by atoms with van der Waals surface area (Å²) in [4.78, 5) is 12.3. The van der Waals surface area contributed by atoms with Gasteiger partial charge in [-0.15, -0.1) is 0 Å². The number of fused-ring (bicyclic) bond motifs is 1. The van der Waals surface area contributed by atoms with Gasteiger partial charge in [-0.2, -0.15) is 13.2 Å². The van der Waals surface area contributed by atoms with E-state index in [1.807, 2.05) is 42.7 Å². The van der Waals surface area contributed by atoms with Crippen LogP contribution in [-0.4, -0.2) is 22.5 Å². The largest absolute Gasteiger partial charge is 0.416 e. The standard InChI is InChI=1S/C26H22F3N5/c27-26(28,29)20-8-6-18(7-9-20)19-14-21-22(16-33-24(21)32-15-19)23-11-13-31-25(34-23)30-12-10-17-4-2-1-3-5-17/h1-9,11,13-16,23H,10,12H2,(H,32,33)(H2,30,31,34). The number of guanidine groups is 1. The van der Waals surface area contributed by atoms with Gasteiger partial charge in [0.15, 0.2) is 5.96 Å². The Balaban J connectivity index is 1.36. The van der Waals surface area contributed by atoms with Gasteiger partial charge in [0.25, 0.3) is 0 Å². The maximum atomic E-state index is 12.9. The summed E-state index contributed by atoms with van der Waals surface area (Å²) in [6, 6.07) is 17.1. The Morgan fingerprint density at radius 1 is 0.971 bits per heavy atom. The molecule has 1 atom stereocenters. The first-order valence-electron chi connectivity index (χ1n) is 10.9. The summed E-state index contributed by atoms with van der Waals surface area (Å²) in [6.07, 6.45) is 3.88. The molecule has 0 fully saturated rings. The van der Waals surface area contributed by atoms with E-state index >= 15 is 0 Å². The van der Waals surface area contributed by atoms with E-state index < -0.39 is 11.7 Å². The number of pyridine rings is 1. The molecule has 1 unspecified atom stereocenters. The van der Waals surface area contributed by atoms with Gasteiger partial charge >= 0.3 is 6.18 Å². The summed E-state index contributed by atoms with van der Waals surface area (Å²) in [5.74, 6) is 0.685. The number of nitrogens with zero attached hydrogens (tertiary/aromatic N) is 2. The smallest absolute Gasteiger partial charge is 0.346 e. The minimum atomic E-state index is -4.36. The molecule has 8 heteroatoms. The number of alkyl halides is 3. The number of hydrogen-bond acceptors (Lipinski definition) is 2. The Bertz CT molecular complexity index is 1340. The van der Waals surface area contributed by atoms with E-state index in [2.05, 4.69) is 37.7 Å². The molecule has 5 rings (SSSR count). The minimum absolute atomic E-state index is 0.130. The van der Waals surface area contributed by atoms with Gasteiger partial charge in [0, 0.05) is 41.7 Å². The fraction of sp³-hybridized carbons (Fsp3) is 0.154. The molecule has 3 heterocycles. The van der Waals surface area contributed by atoms with Crippen LogP contribution < -0.4 is 10.6 Å². The zero-order valence-electron chi connectivity index (χ0n) is 18.1. The predicted molar refractivity (Wildman–Crippen MR) is 127 cm³/mol. The lowest BCUT2D eigenvalue weighted by Crippen LogP contribution is -2.40. The maximum Gasteiger partial charge on any atom is 0.416 e. The number of hydrogen-bond donors (Lipinski definition) is 3. The number of aliphatic imine (C=N–C) groups is 1. The lowest BCUT2D eigenvalue weighted by molar-refractivity contribution is -0.137. The van der Waals surface area contributed by atoms with Crippen molar-refractivity contribution in [1.29, 1.82) is 0 Å². The molecule has 1 aliphatic heterocycles. The van der Waals surface area contributed by atoms with Crippen LogP contribution in [0, 0.1) is 0 Å². The fourth-order valence-corrected chi connectivity index (χ4v) is 3.97. The van der Waals surface area contributed by atoms with Gasteiger partial charge in [0.05, 0.1) is 11.6 Å². The Kier molecular flexibility index (Phi) is 5.79. The van der Waals surface area contributed by atoms with Crippen molar-refractivity contribution in [3.05, 3.63) is 102 Å². The average Bonchev–Trinajstić information content (AvgIpc) is 3.28. The summed E-state index contributed by atoms with van der Waals surface area (Å²) in [6.45, 7) is 0.646. The van der Waals surface area contributed by atoms with Crippen LogP contribution in [0.4, 0.5) is 13.2 Å². The molecule has 0 saturated heterocycles. The van der Waals surface area contributed by atoms with Gasteiger partial charge in [-0.05, 0) is 41.8 Å². The quantitative estimate of drug-likeness (QED) is 0.363. The minimum Gasteiger partial charge on any atom is -0.346 e. The van der Waals surface area contributed by atoms with Crippen molar-refractivity contribution in [2.24, 2.45) is 4.99 Å². The summed E-state index contributed by atoms with van der Waals surface area (Å²) in [5.41, 5.74) is 3.67. The SMILES string of the molecule is FC(F)(F)c1ccc(-c2cnc3[nH]cc(C4C=CNC(=NCCc5ccccc5)N4)c3c2)cc1. The summed E-state index contributed by atoms with van der Waals surface area (Å²) < 4.78 is 38.7. The lowest BCUT2D eigenvalue weighted by atomic mass is 10.0. The second-order valence-electron chi connectivity index (χ2n) is 8.03. The molecule has 0 amide bonds. The highest BCUT2D eigenvalue weighted by Crippen LogP contribution is 2.32. The van der Waals surface area contributed by atoms with Crippen LogP contribution in [0.2, 0.25) is 0 Å². The zero-order chi connectivity index (χ0) is 23.5. The number of nitrogens with one attached hydrogen (secondary N) is 3. The third-order valence-corrected chi connectivity index (χ3v) is 5.76. The molecule has 1 aliphatic rings. The van der Waals surface area contributed by atoms with Gasteiger partial charge < -0.3 is 15.6 Å². The molecule has 3 N–H and O–H groups in total. The Labute approximate surface area is 194 Å². The van der Waals surface area contributed by atoms with Crippen molar-refractivity contribution < 1.29 is 13.2 Å². The highest BCUT2D eigenvalue weighted by molar-refractivity contribution is 5.88. The Hall–Kier alpha value is -4.07. The van der Waals surface area contributed by atoms with Crippen LogP contribution in [0.3, 0.4) is 0 Å². The van der Waals surface area contributed by atoms with Crippen LogP contribution >= 0.6 is 0 Å². The number of rotatable bonds is 5. The molecule has 2 aromatic heterocycles. The van der Waals surface area contributed by atoms with E-state index in [4.69, 9.17) is 0 Å². The first-order valence-corrected chi connectivity index (χ1v) is 10.9. The monoisotopic (exact) mass is 461 g/mol. The molecule has 0 spiro atoms. The molecular weight excluding hydrogens is 439 g/mol. The van der Waals surface area contributed by atoms with Crippen LogP contribution in [0.1, 0.15) is 22.7 Å². The van der Waals surface area contributed by atoms with Gasteiger partial charge in [0.2, 0.25) is 0 Å². The van der Waals surface area contributed by atoms with Crippen molar-refractivity contribution in [2.75, 3.05) is 6.54 Å². The molecule has 0 bridgehead atoms. The maximum absolute atomic E-state index is 12.9. The number of benzene rings is 2. The molecule has 0 saturated carbocycles. The molecule has 2 aromatic carbocycles. The fourth-order valence-electron chi connectivity index (χ4n) is 3.97. The second-order valence-corrected chi connectivity index (χ2v) is 8.03. The number of H-pyrrole nitrogens is 1. The number of aromatic amines is 1. The van der Waals surface area contributed by atoms with E-state index in [1.165, 1.54) is 17.7 Å². The first kappa shape index (κ1) is 21.8. The molecule has 0 radical (unpaired) electrons.